The first-order valence-electron chi connectivity index (χ1n) is 13.2. The first-order valence-corrected chi connectivity index (χ1v) is 16.2. The number of hydrogen-bond acceptors (Lipinski definition) is 4. The molecule has 1 N–H and O–H groups in total. The summed E-state index contributed by atoms with van der Waals surface area (Å²) in [4.78, 5) is 29.2. The smallest absolute Gasteiger partial charge is 0.244 e. The number of unbranched alkanes of at least 4 members (excludes halogenated alkanes) is 1. The number of carbonyl (C=O) groups excluding carboxylic acids is 2. The van der Waals surface area contributed by atoms with Crippen LogP contribution in [0.5, 0.6) is 0 Å². The summed E-state index contributed by atoms with van der Waals surface area (Å²) in [6.45, 7) is 3.62. The minimum absolute atomic E-state index is 0.0370. The van der Waals surface area contributed by atoms with Gasteiger partial charge in [-0.3, -0.25) is 13.9 Å². The van der Waals surface area contributed by atoms with E-state index in [-0.39, 0.29) is 18.9 Å². The number of benzene rings is 3. The van der Waals surface area contributed by atoms with Gasteiger partial charge in [-0.15, -0.1) is 0 Å². The van der Waals surface area contributed by atoms with E-state index in [1.54, 1.807) is 43.3 Å². The monoisotopic (exact) mass is 637 g/mol. The summed E-state index contributed by atoms with van der Waals surface area (Å²) in [7, 11) is -3.89. The van der Waals surface area contributed by atoms with Gasteiger partial charge < -0.3 is 10.2 Å². The van der Waals surface area contributed by atoms with Gasteiger partial charge in [0.1, 0.15) is 12.6 Å². The molecule has 0 aromatic heterocycles. The minimum Gasteiger partial charge on any atom is -0.354 e. The van der Waals surface area contributed by atoms with E-state index < -0.39 is 28.5 Å². The van der Waals surface area contributed by atoms with E-state index in [1.807, 2.05) is 37.3 Å². The van der Waals surface area contributed by atoms with Crippen molar-refractivity contribution in [1.29, 1.82) is 0 Å². The Bertz CT molecular complexity index is 1470. The quantitative estimate of drug-likeness (QED) is 0.223. The van der Waals surface area contributed by atoms with Gasteiger partial charge in [0.15, 0.2) is 0 Å². The molecule has 3 aromatic rings. The molecule has 1 atom stereocenters. The van der Waals surface area contributed by atoms with Crippen molar-refractivity contribution >= 4 is 62.3 Å². The third-order valence-corrected chi connectivity index (χ3v) is 8.51. The third-order valence-electron chi connectivity index (χ3n) is 6.56. The lowest BCUT2D eigenvalue weighted by atomic mass is 10.0. The predicted octanol–water partition coefficient (Wildman–Crippen LogP) is 6.28. The summed E-state index contributed by atoms with van der Waals surface area (Å²) in [6, 6.07) is 18.1. The second kappa shape index (κ2) is 14.9. The van der Waals surface area contributed by atoms with E-state index in [0.717, 1.165) is 29.0 Å². The number of aryl methyl sites for hydroxylation is 1. The molecule has 7 nitrogen and oxygen atoms in total. The Morgan fingerprint density at radius 3 is 2.22 bits per heavy atom. The summed E-state index contributed by atoms with van der Waals surface area (Å²) in [6.07, 6.45) is 2.91. The molecule has 11 heteroatoms. The average Bonchev–Trinajstić information content (AvgIpc) is 2.90. The lowest BCUT2D eigenvalue weighted by molar-refractivity contribution is -0.140. The first kappa shape index (κ1) is 32.7. The Kier molecular flexibility index (Phi) is 11.9. The lowest BCUT2D eigenvalue weighted by Gasteiger charge is -2.34. The highest BCUT2D eigenvalue weighted by Crippen LogP contribution is 2.28. The maximum atomic E-state index is 14.1. The highest BCUT2D eigenvalue weighted by molar-refractivity contribution is 7.92. The van der Waals surface area contributed by atoms with Crippen molar-refractivity contribution in [2.75, 3.05) is 23.7 Å². The minimum atomic E-state index is -3.89. The highest BCUT2D eigenvalue weighted by Gasteiger charge is 2.33. The molecule has 0 fully saturated rings. The molecular formula is C30H34Cl3N3O4S. The van der Waals surface area contributed by atoms with Gasteiger partial charge in [-0.25, -0.2) is 8.42 Å². The van der Waals surface area contributed by atoms with Crippen molar-refractivity contribution in [2.45, 2.75) is 45.7 Å². The van der Waals surface area contributed by atoms with Crippen LogP contribution in [0.1, 0.15) is 36.5 Å². The van der Waals surface area contributed by atoms with Gasteiger partial charge in [0.05, 0.1) is 11.9 Å². The van der Waals surface area contributed by atoms with E-state index in [2.05, 4.69) is 5.32 Å². The van der Waals surface area contributed by atoms with Crippen molar-refractivity contribution < 1.29 is 18.0 Å². The zero-order valence-corrected chi connectivity index (χ0v) is 26.3. The summed E-state index contributed by atoms with van der Waals surface area (Å²) >= 11 is 18.7. The molecule has 0 unspecified atom stereocenters. The molecule has 2 amide bonds. The Morgan fingerprint density at radius 2 is 1.61 bits per heavy atom. The van der Waals surface area contributed by atoms with E-state index >= 15 is 0 Å². The second-order valence-corrected chi connectivity index (χ2v) is 13.0. The van der Waals surface area contributed by atoms with Gasteiger partial charge in [0.25, 0.3) is 0 Å². The van der Waals surface area contributed by atoms with E-state index in [1.165, 1.54) is 4.90 Å². The number of sulfonamides is 1. The molecule has 0 bridgehead atoms. The molecule has 0 aliphatic carbocycles. The summed E-state index contributed by atoms with van der Waals surface area (Å²) in [5.41, 5.74) is 2.32. The molecule has 41 heavy (non-hydrogen) atoms. The number of halogens is 3. The van der Waals surface area contributed by atoms with Crippen LogP contribution in [0.3, 0.4) is 0 Å². The second-order valence-electron chi connectivity index (χ2n) is 9.81. The number of nitrogens with one attached hydrogen (secondary N) is 1. The van der Waals surface area contributed by atoms with Crippen molar-refractivity contribution in [1.82, 2.24) is 10.2 Å². The van der Waals surface area contributed by atoms with E-state index in [0.29, 0.717) is 38.4 Å². The Labute approximate surface area is 257 Å². The van der Waals surface area contributed by atoms with Crippen molar-refractivity contribution in [3.8, 4) is 0 Å². The SMILES string of the molecule is CCCCNC(=O)[C@@H](Cc1ccccc1)N(Cc1ccc(Cl)cc1Cl)C(=O)CN(c1ccc(Cl)cc1C)S(C)(=O)=O. The van der Waals surface area contributed by atoms with Crippen molar-refractivity contribution in [2.24, 2.45) is 0 Å². The van der Waals surface area contributed by atoms with Crippen LogP contribution in [0, 0.1) is 6.92 Å². The largest absolute Gasteiger partial charge is 0.354 e. The van der Waals surface area contributed by atoms with Crippen LogP contribution >= 0.6 is 34.8 Å². The van der Waals surface area contributed by atoms with Gasteiger partial charge in [0, 0.05) is 34.6 Å². The molecule has 3 aromatic carbocycles. The Morgan fingerprint density at radius 1 is 0.951 bits per heavy atom. The zero-order valence-electron chi connectivity index (χ0n) is 23.2. The number of rotatable bonds is 13. The van der Waals surface area contributed by atoms with Crippen LogP contribution in [0.4, 0.5) is 5.69 Å². The predicted molar refractivity (Wildman–Crippen MR) is 167 cm³/mol. The maximum absolute atomic E-state index is 14.1. The number of anilines is 1. The number of hydrogen-bond donors (Lipinski definition) is 1. The summed E-state index contributed by atoms with van der Waals surface area (Å²) in [5.74, 6) is -0.906. The first-order chi connectivity index (χ1) is 19.4. The average molecular weight is 639 g/mol. The fraction of sp³-hybridized carbons (Fsp3) is 0.333. The van der Waals surface area contributed by atoms with Crippen LogP contribution in [0.15, 0.2) is 66.7 Å². The molecule has 0 saturated heterocycles. The maximum Gasteiger partial charge on any atom is 0.244 e. The summed E-state index contributed by atoms with van der Waals surface area (Å²) < 4.78 is 26.9. The topological polar surface area (TPSA) is 86.8 Å². The summed E-state index contributed by atoms with van der Waals surface area (Å²) in [5, 5.41) is 4.14. The van der Waals surface area contributed by atoms with Crippen LogP contribution in [-0.2, 0) is 32.6 Å². The lowest BCUT2D eigenvalue weighted by Crippen LogP contribution is -2.53. The molecule has 0 saturated carbocycles. The van der Waals surface area contributed by atoms with Crippen molar-refractivity contribution in [3.05, 3.63) is 98.5 Å². The fourth-order valence-electron chi connectivity index (χ4n) is 4.39. The molecule has 0 aliphatic heterocycles. The van der Waals surface area contributed by atoms with Gasteiger partial charge in [-0.1, -0.05) is 84.5 Å². The molecule has 220 valence electrons. The molecule has 0 spiro atoms. The van der Waals surface area contributed by atoms with E-state index in [4.69, 9.17) is 34.8 Å². The number of amides is 2. The third kappa shape index (κ3) is 9.36. The van der Waals surface area contributed by atoms with Crippen LogP contribution in [0.25, 0.3) is 0 Å². The molecule has 0 radical (unpaired) electrons. The number of nitrogens with zero attached hydrogens (tertiary/aromatic N) is 2. The molecule has 0 aliphatic rings. The van der Waals surface area contributed by atoms with Gasteiger partial charge in [-0.05, 0) is 60.4 Å². The van der Waals surface area contributed by atoms with Crippen molar-refractivity contribution in [3.63, 3.8) is 0 Å². The standard InChI is InChI=1S/C30H34Cl3N3O4S/c1-4-5-15-34-30(38)28(17-22-9-7-6-8-10-22)35(19-23-11-12-25(32)18-26(23)33)29(37)20-36(41(3,39)40)27-14-13-24(31)16-21(27)2/h6-14,16,18,28H,4-5,15,17,19-20H2,1-3H3,(H,34,38)/t28-/m1/s1. The van der Waals surface area contributed by atoms with Crippen LogP contribution in [-0.4, -0.2) is 50.5 Å². The fourth-order valence-corrected chi connectivity index (χ4v) is 5.99. The highest BCUT2D eigenvalue weighted by atomic mass is 35.5. The van der Waals surface area contributed by atoms with E-state index in [9.17, 15) is 18.0 Å². The molecule has 0 heterocycles. The van der Waals surface area contributed by atoms with Gasteiger partial charge in [-0.2, -0.15) is 0 Å². The van der Waals surface area contributed by atoms with Gasteiger partial charge >= 0.3 is 0 Å². The molecular weight excluding hydrogens is 605 g/mol. The Hall–Kier alpha value is -2.78. The number of carbonyl (C=O) groups is 2. The Balaban J connectivity index is 2.08. The van der Waals surface area contributed by atoms with Gasteiger partial charge in [0.2, 0.25) is 21.8 Å². The van der Waals surface area contributed by atoms with Crippen LogP contribution in [0.2, 0.25) is 15.1 Å². The normalized spacial score (nSPS) is 12.0. The zero-order chi connectivity index (χ0) is 30.2. The van der Waals surface area contributed by atoms with Crippen LogP contribution < -0.4 is 9.62 Å². The molecule has 3 rings (SSSR count).